The summed E-state index contributed by atoms with van der Waals surface area (Å²) in [6.45, 7) is 4.15. The van der Waals surface area contributed by atoms with Gasteiger partial charge in [0.25, 0.3) is 0 Å². The zero-order valence-corrected chi connectivity index (χ0v) is 23.9. The number of urea groups is 1. The Morgan fingerprint density at radius 1 is 0.850 bits per heavy atom. The fourth-order valence-corrected chi connectivity index (χ4v) is 5.43. The van der Waals surface area contributed by atoms with Crippen LogP contribution in [0.25, 0.3) is 5.69 Å². The molecule has 1 aromatic heterocycles. The normalized spacial score (nSPS) is 11.7. The van der Waals surface area contributed by atoms with E-state index in [1.807, 2.05) is 30.3 Å². The van der Waals surface area contributed by atoms with E-state index in [0.29, 0.717) is 23.0 Å². The number of aryl methyl sites for hydroxylation is 2. The van der Waals surface area contributed by atoms with E-state index in [1.165, 1.54) is 11.1 Å². The highest BCUT2D eigenvalue weighted by atomic mass is 35.5. The Bertz CT molecular complexity index is 1570. The standard InChI is InChI=1S/C32H30ClN5OS/c1-22-11-17-28(18-12-22)38-30(36-37-32(38)40-21-25-10-6-7-23(2)19-25)29(20-24-8-4-3-5-9-24)35-31(39)34-27-15-13-26(33)14-16-27/h3-19,29H,20-21H2,1-2H3,(H2,34,35,39). The zero-order valence-electron chi connectivity index (χ0n) is 22.3. The second-order valence-corrected chi connectivity index (χ2v) is 11.0. The number of amides is 2. The van der Waals surface area contributed by atoms with Crippen molar-refractivity contribution in [2.24, 2.45) is 0 Å². The molecule has 0 aliphatic heterocycles. The number of nitrogens with zero attached hydrogens (tertiary/aromatic N) is 3. The quantitative estimate of drug-likeness (QED) is 0.177. The van der Waals surface area contributed by atoms with E-state index in [4.69, 9.17) is 11.6 Å². The maximum Gasteiger partial charge on any atom is 0.319 e. The first-order valence-corrected chi connectivity index (χ1v) is 14.4. The highest BCUT2D eigenvalue weighted by Crippen LogP contribution is 2.29. The Kier molecular flexibility index (Phi) is 8.84. The number of aromatic nitrogens is 3. The summed E-state index contributed by atoms with van der Waals surface area (Å²) in [7, 11) is 0. The monoisotopic (exact) mass is 567 g/mol. The van der Waals surface area contributed by atoms with Gasteiger partial charge in [-0.2, -0.15) is 0 Å². The van der Waals surface area contributed by atoms with E-state index >= 15 is 0 Å². The predicted molar refractivity (Wildman–Crippen MR) is 163 cm³/mol. The third-order valence-electron chi connectivity index (χ3n) is 6.40. The van der Waals surface area contributed by atoms with Gasteiger partial charge in [-0.1, -0.05) is 101 Å². The first kappa shape index (κ1) is 27.5. The molecule has 40 heavy (non-hydrogen) atoms. The summed E-state index contributed by atoms with van der Waals surface area (Å²) in [4.78, 5) is 13.2. The predicted octanol–water partition coefficient (Wildman–Crippen LogP) is 7.94. The number of hydrogen-bond donors (Lipinski definition) is 2. The molecule has 0 saturated heterocycles. The van der Waals surface area contributed by atoms with Crippen molar-refractivity contribution in [1.29, 1.82) is 0 Å². The fourth-order valence-electron chi connectivity index (χ4n) is 4.40. The fraction of sp³-hybridized carbons (Fsp3) is 0.156. The van der Waals surface area contributed by atoms with Gasteiger partial charge in [0.1, 0.15) is 0 Å². The van der Waals surface area contributed by atoms with Crippen molar-refractivity contribution in [2.45, 2.75) is 37.2 Å². The van der Waals surface area contributed by atoms with E-state index < -0.39 is 6.04 Å². The molecule has 0 saturated carbocycles. The molecule has 1 atom stereocenters. The van der Waals surface area contributed by atoms with Crippen LogP contribution in [0.1, 0.15) is 34.1 Å². The smallest absolute Gasteiger partial charge is 0.319 e. The summed E-state index contributed by atoms with van der Waals surface area (Å²) in [5, 5.41) is 16.7. The van der Waals surface area contributed by atoms with Crippen molar-refractivity contribution in [2.75, 3.05) is 5.32 Å². The molecule has 0 aliphatic carbocycles. The largest absolute Gasteiger partial charge is 0.327 e. The molecule has 4 aromatic carbocycles. The molecule has 8 heteroatoms. The molecular formula is C32H30ClN5OS. The second kappa shape index (κ2) is 12.9. The lowest BCUT2D eigenvalue weighted by atomic mass is 10.1. The Morgan fingerprint density at radius 2 is 1.57 bits per heavy atom. The van der Waals surface area contributed by atoms with E-state index in [1.54, 1.807) is 36.0 Å². The molecule has 0 radical (unpaired) electrons. The summed E-state index contributed by atoms with van der Waals surface area (Å²) in [5.41, 5.74) is 6.26. The van der Waals surface area contributed by atoms with Crippen molar-refractivity contribution in [3.63, 3.8) is 0 Å². The Labute approximate surface area is 243 Å². The minimum Gasteiger partial charge on any atom is -0.327 e. The second-order valence-electron chi connectivity index (χ2n) is 9.64. The van der Waals surface area contributed by atoms with Crippen LogP contribution in [-0.2, 0) is 12.2 Å². The summed E-state index contributed by atoms with van der Waals surface area (Å²) in [5.74, 6) is 1.41. The van der Waals surface area contributed by atoms with Crippen LogP contribution in [0.2, 0.25) is 5.02 Å². The van der Waals surface area contributed by atoms with Crippen LogP contribution in [0.4, 0.5) is 10.5 Å². The first-order chi connectivity index (χ1) is 19.4. The molecule has 0 spiro atoms. The number of carbonyl (C=O) groups is 1. The van der Waals surface area contributed by atoms with Gasteiger partial charge >= 0.3 is 6.03 Å². The highest BCUT2D eigenvalue weighted by Gasteiger charge is 2.25. The van der Waals surface area contributed by atoms with Crippen LogP contribution >= 0.6 is 23.4 Å². The van der Waals surface area contributed by atoms with Gasteiger partial charge in [0.2, 0.25) is 0 Å². The van der Waals surface area contributed by atoms with E-state index in [2.05, 4.69) is 87.8 Å². The molecular weight excluding hydrogens is 538 g/mol. The number of hydrogen-bond acceptors (Lipinski definition) is 4. The number of benzene rings is 4. The van der Waals surface area contributed by atoms with Gasteiger partial charge in [-0.25, -0.2) is 4.79 Å². The molecule has 0 bridgehead atoms. The third-order valence-corrected chi connectivity index (χ3v) is 7.65. The SMILES string of the molecule is Cc1ccc(-n2c(SCc3cccc(C)c3)nnc2C(Cc2ccccc2)NC(=O)Nc2ccc(Cl)cc2)cc1. The van der Waals surface area contributed by atoms with Crippen LogP contribution in [0.15, 0.2) is 108 Å². The molecule has 1 heterocycles. The van der Waals surface area contributed by atoms with Crippen LogP contribution in [-0.4, -0.2) is 20.8 Å². The van der Waals surface area contributed by atoms with E-state index in [9.17, 15) is 4.79 Å². The third kappa shape index (κ3) is 7.11. The summed E-state index contributed by atoms with van der Waals surface area (Å²) in [6.07, 6.45) is 0.543. The molecule has 5 aromatic rings. The topological polar surface area (TPSA) is 71.8 Å². The van der Waals surface area contributed by atoms with E-state index in [-0.39, 0.29) is 6.03 Å². The molecule has 6 nitrogen and oxygen atoms in total. The molecule has 0 fully saturated rings. The maximum absolute atomic E-state index is 13.2. The highest BCUT2D eigenvalue weighted by molar-refractivity contribution is 7.98. The van der Waals surface area contributed by atoms with Crippen LogP contribution in [0.3, 0.4) is 0 Å². The summed E-state index contributed by atoms with van der Waals surface area (Å²) < 4.78 is 2.05. The van der Waals surface area contributed by atoms with Crippen molar-refractivity contribution in [3.8, 4) is 5.69 Å². The van der Waals surface area contributed by atoms with Crippen LogP contribution in [0.5, 0.6) is 0 Å². The number of thioether (sulfide) groups is 1. The van der Waals surface area contributed by atoms with Crippen molar-refractivity contribution in [3.05, 3.63) is 136 Å². The lowest BCUT2D eigenvalue weighted by Gasteiger charge is -2.21. The molecule has 0 aliphatic rings. The number of halogens is 1. The number of anilines is 1. The van der Waals surface area contributed by atoms with E-state index in [0.717, 1.165) is 27.7 Å². The lowest BCUT2D eigenvalue weighted by Crippen LogP contribution is -2.35. The Morgan fingerprint density at radius 3 is 2.30 bits per heavy atom. The Hall–Kier alpha value is -4.07. The minimum atomic E-state index is -0.447. The minimum absolute atomic E-state index is 0.337. The van der Waals surface area contributed by atoms with Crippen molar-refractivity contribution >= 4 is 35.1 Å². The van der Waals surface area contributed by atoms with Gasteiger partial charge in [-0.05, 0) is 61.4 Å². The summed E-state index contributed by atoms with van der Waals surface area (Å²) >= 11 is 7.64. The molecule has 2 N–H and O–H groups in total. The van der Waals surface area contributed by atoms with Crippen molar-refractivity contribution in [1.82, 2.24) is 20.1 Å². The molecule has 1 unspecified atom stereocenters. The Balaban J connectivity index is 1.49. The van der Waals surface area contributed by atoms with Gasteiger partial charge < -0.3 is 10.6 Å². The molecule has 202 valence electrons. The van der Waals surface area contributed by atoms with Crippen molar-refractivity contribution < 1.29 is 4.79 Å². The first-order valence-electron chi connectivity index (χ1n) is 13.0. The number of nitrogens with one attached hydrogen (secondary N) is 2. The number of carbonyl (C=O) groups excluding carboxylic acids is 1. The van der Waals surface area contributed by atoms with Gasteiger partial charge in [0.15, 0.2) is 11.0 Å². The zero-order chi connectivity index (χ0) is 27.9. The molecule has 2 amide bonds. The average molecular weight is 568 g/mol. The van der Waals surface area contributed by atoms with Gasteiger partial charge in [0.05, 0.1) is 6.04 Å². The van der Waals surface area contributed by atoms with Gasteiger partial charge in [-0.3, -0.25) is 4.57 Å². The number of rotatable bonds is 9. The van der Waals surface area contributed by atoms with Gasteiger partial charge in [-0.15, -0.1) is 10.2 Å². The maximum atomic E-state index is 13.2. The van der Waals surface area contributed by atoms with Crippen LogP contribution in [0, 0.1) is 13.8 Å². The summed E-state index contributed by atoms with van der Waals surface area (Å²) in [6, 6.07) is 33.0. The van der Waals surface area contributed by atoms with Crippen LogP contribution < -0.4 is 10.6 Å². The average Bonchev–Trinajstić information content (AvgIpc) is 3.38. The lowest BCUT2D eigenvalue weighted by molar-refractivity contribution is 0.247. The van der Waals surface area contributed by atoms with Gasteiger partial charge in [0, 0.05) is 28.6 Å². The molecule has 5 rings (SSSR count).